The smallest absolute Gasteiger partial charge is 0.253 e. The normalized spacial score (nSPS) is 10.3. The van der Waals surface area contributed by atoms with Crippen LogP contribution in [0.15, 0.2) is 34.1 Å². The fourth-order valence-electron chi connectivity index (χ4n) is 1.57. The molecule has 0 spiro atoms. The van der Waals surface area contributed by atoms with Crippen molar-refractivity contribution in [2.45, 2.75) is 13.5 Å². The third-order valence-corrected chi connectivity index (χ3v) is 4.48. The maximum Gasteiger partial charge on any atom is 0.253 e. The lowest BCUT2D eigenvalue weighted by Crippen LogP contribution is -2.23. The molecule has 0 atom stereocenters. The summed E-state index contributed by atoms with van der Waals surface area (Å²) in [5.74, 6) is -0.142. The first kappa shape index (κ1) is 13.1. The molecule has 0 aliphatic rings. The van der Waals surface area contributed by atoms with Crippen LogP contribution in [0.25, 0.3) is 0 Å². The fourth-order valence-corrected chi connectivity index (χ4v) is 3.01. The van der Waals surface area contributed by atoms with E-state index in [2.05, 4.69) is 21.2 Å². The minimum Gasteiger partial charge on any atom is -0.398 e. The van der Waals surface area contributed by atoms with Gasteiger partial charge in [-0.05, 0) is 46.4 Å². The van der Waals surface area contributed by atoms with Crippen LogP contribution in [-0.2, 0) is 6.54 Å². The van der Waals surface area contributed by atoms with Crippen molar-refractivity contribution in [1.29, 1.82) is 0 Å². The predicted octanol–water partition coefficient (Wildman–Crippen LogP) is 3.33. The summed E-state index contributed by atoms with van der Waals surface area (Å²) in [6, 6.07) is 7.41. The SMILES string of the molecule is Cc1ccc(N)c(C(=O)NCc2sccc2Br)c1. The molecule has 1 aromatic carbocycles. The predicted molar refractivity (Wildman–Crippen MR) is 78.8 cm³/mol. The van der Waals surface area contributed by atoms with Crippen LogP contribution in [0, 0.1) is 6.92 Å². The Morgan fingerprint density at radius 2 is 2.22 bits per heavy atom. The largest absolute Gasteiger partial charge is 0.398 e. The molecule has 0 bridgehead atoms. The number of anilines is 1. The third-order valence-electron chi connectivity index (χ3n) is 2.55. The average Bonchev–Trinajstić information content (AvgIpc) is 2.75. The minimum absolute atomic E-state index is 0.142. The first-order valence-electron chi connectivity index (χ1n) is 5.44. The van der Waals surface area contributed by atoms with Crippen LogP contribution < -0.4 is 11.1 Å². The number of hydrogen-bond acceptors (Lipinski definition) is 3. The summed E-state index contributed by atoms with van der Waals surface area (Å²) in [5.41, 5.74) is 7.86. The Balaban J connectivity index is 2.08. The Morgan fingerprint density at radius 1 is 1.44 bits per heavy atom. The molecule has 0 aliphatic carbocycles. The molecule has 18 heavy (non-hydrogen) atoms. The molecule has 1 aromatic heterocycles. The molecule has 0 aliphatic heterocycles. The van der Waals surface area contributed by atoms with Gasteiger partial charge in [0.05, 0.1) is 12.1 Å². The van der Waals surface area contributed by atoms with Gasteiger partial charge >= 0.3 is 0 Å². The quantitative estimate of drug-likeness (QED) is 0.851. The van der Waals surface area contributed by atoms with Gasteiger partial charge in [0, 0.05) is 15.0 Å². The minimum atomic E-state index is -0.142. The second-order valence-corrected chi connectivity index (χ2v) is 5.82. The third kappa shape index (κ3) is 2.91. The number of benzene rings is 1. The van der Waals surface area contributed by atoms with Crippen molar-refractivity contribution in [1.82, 2.24) is 5.32 Å². The van der Waals surface area contributed by atoms with Gasteiger partial charge in [-0.3, -0.25) is 4.79 Å². The standard InChI is InChI=1S/C13H13BrN2OS/c1-8-2-3-11(15)9(6-8)13(17)16-7-12-10(14)4-5-18-12/h2-6H,7,15H2,1H3,(H,16,17). The molecule has 3 N–H and O–H groups in total. The number of aryl methyl sites for hydroxylation is 1. The number of nitrogens with two attached hydrogens (primary N) is 1. The van der Waals surface area contributed by atoms with Crippen molar-refractivity contribution in [2.75, 3.05) is 5.73 Å². The molecular weight excluding hydrogens is 312 g/mol. The summed E-state index contributed by atoms with van der Waals surface area (Å²) in [5, 5.41) is 4.85. The first-order chi connectivity index (χ1) is 8.58. The highest BCUT2D eigenvalue weighted by atomic mass is 79.9. The van der Waals surface area contributed by atoms with Crippen molar-refractivity contribution in [2.24, 2.45) is 0 Å². The van der Waals surface area contributed by atoms with E-state index in [1.807, 2.05) is 24.4 Å². The van der Waals surface area contributed by atoms with Crippen LogP contribution in [0.5, 0.6) is 0 Å². The fraction of sp³-hybridized carbons (Fsp3) is 0.154. The van der Waals surface area contributed by atoms with Crippen molar-refractivity contribution in [3.8, 4) is 0 Å². The lowest BCUT2D eigenvalue weighted by Gasteiger charge is -2.07. The van der Waals surface area contributed by atoms with E-state index < -0.39 is 0 Å². The molecule has 94 valence electrons. The number of rotatable bonds is 3. The van der Waals surface area contributed by atoms with E-state index in [0.717, 1.165) is 14.9 Å². The Morgan fingerprint density at radius 3 is 2.89 bits per heavy atom. The zero-order valence-corrected chi connectivity index (χ0v) is 12.3. The zero-order chi connectivity index (χ0) is 13.1. The molecule has 0 fully saturated rings. The Labute approximate surface area is 118 Å². The maximum absolute atomic E-state index is 12.0. The lowest BCUT2D eigenvalue weighted by molar-refractivity contribution is 0.0952. The highest BCUT2D eigenvalue weighted by Gasteiger charge is 2.10. The Kier molecular flexibility index (Phi) is 4.04. The molecule has 2 rings (SSSR count). The Bertz CT molecular complexity index is 580. The topological polar surface area (TPSA) is 55.1 Å². The number of carbonyl (C=O) groups is 1. The number of thiophene rings is 1. The molecule has 2 aromatic rings. The second-order valence-electron chi connectivity index (χ2n) is 3.97. The van der Waals surface area contributed by atoms with E-state index >= 15 is 0 Å². The van der Waals surface area contributed by atoms with E-state index in [1.54, 1.807) is 23.5 Å². The highest BCUT2D eigenvalue weighted by Crippen LogP contribution is 2.22. The molecule has 5 heteroatoms. The van der Waals surface area contributed by atoms with E-state index in [9.17, 15) is 4.79 Å². The van der Waals surface area contributed by atoms with Crippen molar-refractivity contribution in [3.05, 3.63) is 50.1 Å². The summed E-state index contributed by atoms with van der Waals surface area (Å²) < 4.78 is 1.02. The number of nitrogens with one attached hydrogen (secondary N) is 1. The maximum atomic E-state index is 12.0. The number of nitrogen functional groups attached to an aromatic ring is 1. The van der Waals surface area contributed by atoms with E-state index in [0.29, 0.717) is 17.8 Å². The van der Waals surface area contributed by atoms with Gasteiger partial charge in [-0.25, -0.2) is 0 Å². The summed E-state index contributed by atoms with van der Waals surface area (Å²) in [4.78, 5) is 13.1. The molecule has 0 radical (unpaired) electrons. The second kappa shape index (κ2) is 5.54. The van der Waals surface area contributed by atoms with Crippen LogP contribution >= 0.6 is 27.3 Å². The van der Waals surface area contributed by atoms with Crippen molar-refractivity contribution >= 4 is 38.9 Å². The molecule has 3 nitrogen and oxygen atoms in total. The van der Waals surface area contributed by atoms with Gasteiger partial charge in [-0.2, -0.15) is 0 Å². The molecule has 0 saturated heterocycles. The molecule has 1 heterocycles. The monoisotopic (exact) mass is 324 g/mol. The highest BCUT2D eigenvalue weighted by molar-refractivity contribution is 9.10. The molecule has 0 unspecified atom stereocenters. The summed E-state index contributed by atoms with van der Waals surface area (Å²) in [6.07, 6.45) is 0. The van der Waals surface area contributed by atoms with Crippen molar-refractivity contribution in [3.63, 3.8) is 0 Å². The van der Waals surface area contributed by atoms with Crippen molar-refractivity contribution < 1.29 is 4.79 Å². The van der Waals surface area contributed by atoms with Crippen LogP contribution in [0.1, 0.15) is 20.8 Å². The number of halogens is 1. The van der Waals surface area contributed by atoms with Gasteiger partial charge in [0.1, 0.15) is 0 Å². The Hall–Kier alpha value is -1.33. The number of amides is 1. The van der Waals surface area contributed by atoms with Crippen LogP contribution in [0.2, 0.25) is 0 Å². The van der Waals surface area contributed by atoms with Crippen LogP contribution in [-0.4, -0.2) is 5.91 Å². The van der Waals surface area contributed by atoms with Crippen LogP contribution in [0.3, 0.4) is 0 Å². The van der Waals surface area contributed by atoms with E-state index in [1.165, 1.54) is 0 Å². The number of hydrogen-bond donors (Lipinski definition) is 2. The van der Waals surface area contributed by atoms with Gasteiger partial charge in [-0.1, -0.05) is 11.6 Å². The van der Waals surface area contributed by atoms with Gasteiger partial charge in [-0.15, -0.1) is 11.3 Å². The number of carbonyl (C=O) groups excluding carboxylic acids is 1. The van der Waals surface area contributed by atoms with Crippen LogP contribution in [0.4, 0.5) is 5.69 Å². The van der Waals surface area contributed by atoms with Gasteiger partial charge in [0.15, 0.2) is 0 Å². The first-order valence-corrected chi connectivity index (χ1v) is 7.11. The summed E-state index contributed by atoms with van der Waals surface area (Å²) in [6.45, 7) is 2.44. The molecule has 1 amide bonds. The van der Waals surface area contributed by atoms with E-state index in [4.69, 9.17) is 5.73 Å². The van der Waals surface area contributed by atoms with Gasteiger partial charge in [0.2, 0.25) is 0 Å². The average molecular weight is 325 g/mol. The van der Waals surface area contributed by atoms with E-state index in [-0.39, 0.29) is 5.91 Å². The molecular formula is C13H13BrN2OS. The van der Waals surface area contributed by atoms with Gasteiger partial charge < -0.3 is 11.1 Å². The van der Waals surface area contributed by atoms with Gasteiger partial charge in [0.25, 0.3) is 5.91 Å². The summed E-state index contributed by atoms with van der Waals surface area (Å²) in [7, 11) is 0. The zero-order valence-electron chi connectivity index (χ0n) is 9.87. The summed E-state index contributed by atoms with van der Waals surface area (Å²) >= 11 is 5.03. The molecule has 0 saturated carbocycles. The lowest BCUT2D eigenvalue weighted by atomic mass is 10.1.